The van der Waals surface area contributed by atoms with Crippen LogP contribution < -0.4 is 0 Å². The van der Waals surface area contributed by atoms with Gasteiger partial charge in [-0.1, -0.05) is 6.92 Å². The van der Waals surface area contributed by atoms with E-state index in [4.69, 9.17) is 4.74 Å². The van der Waals surface area contributed by atoms with Gasteiger partial charge in [-0.05, 0) is 29.7 Å². The van der Waals surface area contributed by atoms with Gasteiger partial charge in [0.05, 0.1) is 19.6 Å². The monoisotopic (exact) mass is 345 g/mol. The third kappa shape index (κ3) is 3.28. The second-order valence-electron chi connectivity index (χ2n) is 7.17. The summed E-state index contributed by atoms with van der Waals surface area (Å²) >= 11 is 0. The van der Waals surface area contributed by atoms with Gasteiger partial charge in [-0.15, -0.1) is 0 Å². The first-order valence-corrected chi connectivity index (χ1v) is 8.97. The number of hydrogen-bond donors (Lipinski definition) is 1. The van der Waals surface area contributed by atoms with Crippen molar-refractivity contribution in [3.8, 4) is 0 Å². The van der Waals surface area contributed by atoms with Crippen LogP contribution >= 0.6 is 0 Å². The van der Waals surface area contributed by atoms with Crippen molar-refractivity contribution in [2.75, 3.05) is 39.4 Å². The molecule has 0 bridgehead atoms. The molecule has 1 N–H and O–H groups in total. The minimum absolute atomic E-state index is 0.146. The van der Waals surface area contributed by atoms with Crippen LogP contribution in [0.4, 0.5) is 4.39 Å². The van der Waals surface area contributed by atoms with E-state index in [1.54, 1.807) is 6.07 Å². The van der Waals surface area contributed by atoms with Gasteiger partial charge in [-0.25, -0.2) is 4.39 Å². The number of aromatic amines is 1. The van der Waals surface area contributed by atoms with Gasteiger partial charge in [0.2, 0.25) is 5.91 Å². The molecule has 2 saturated heterocycles. The van der Waals surface area contributed by atoms with Crippen LogP contribution in [0, 0.1) is 11.7 Å². The third-order valence-corrected chi connectivity index (χ3v) is 5.51. The maximum atomic E-state index is 13.3. The maximum absolute atomic E-state index is 13.3. The molecule has 2 aliphatic rings. The number of hydrogen-bond acceptors (Lipinski definition) is 3. The number of halogens is 1. The van der Waals surface area contributed by atoms with Crippen LogP contribution in [0.25, 0.3) is 10.9 Å². The predicted molar refractivity (Wildman–Crippen MR) is 93.9 cm³/mol. The summed E-state index contributed by atoms with van der Waals surface area (Å²) in [5.74, 6) is 0.348. The number of nitrogens with one attached hydrogen (secondary N) is 1. The number of fused-ring (bicyclic) bond motifs is 1. The summed E-state index contributed by atoms with van der Waals surface area (Å²) in [7, 11) is 0. The van der Waals surface area contributed by atoms with Gasteiger partial charge in [0.25, 0.3) is 0 Å². The van der Waals surface area contributed by atoms with Crippen molar-refractivity contribution in [2.24, 2.45) is 5.92 Å². The van der Waals surface area contributed by atoms with E-state index in [9.17, 15) is 9.18 Å². The van der Waals surface area contributed by atoms with Crippen molar-refractivity contribution in [3.05, 3.63) is 35.8 Å². The van der Waals surface area contributed by atoms with E-state index in [2.05, 4.69) is 16.8 Å². The first kappa shape index (κ1) is 16.5. The van der Waals surface area contributed by atoms with Gasteiger partial charge in [0.1, 0.15) is 5.82 Å². The number of nitrogens with zero attached hydrogens (tertiary/aromatic N) is 2. The Hall–Kier alpha value is -1.92. The molecule has 0 radical (unpaired) electrons. The van der Waals surface area contributed by atoms with Crippen LogP contribution in [-0.2, 0) is 16.0 Å². The van der Waals surface area contributed by atoms with Crippen molar-refractivity contribution in [3.63, 3.8) is 0 Å². The Bertz CT molecular complexity index is 769. The molecule has 1 amide bonds. The number of carbonyl (C=O) groups excluding carboxylic acids is 1. The molecule has 5 nitrogen and oxygen atoms in total. The van der Waals surface area contributed by atoms with Gasteiger partial charge >= 0.3 is 0 Å². The van der Waals surface area contributed by atoms with E-state index in [1.807, 2.05) is 11.1 Å². The molecule has 1 aromatic heterocycles. The van der Waals surface area contributed by atoms with Crippen LogP contribution in [0.15, 0.2) is 24.4 Å². The van der Waals surface area contributed by atoms with Crippen molar-refractivity contribution in [1.29, 1.82) is 0 Å². The van der Waals surface area contributed by atoms with E-state index in [0.29, 0.717) is 18.4 Å². The Balaban J connectivity index is 1.44. The molecule has 3 heterocycles. The molecule has 2 fully saturated rings. The molecule has 0 spiro atoms. The largest absolute Gasteiger partial charge is 0.379 e. The highest BCUT2D eigenvalue weighted by Crippen LogP contribution is 2.25. The van der Waals surface area contributed by atoms with Crippen molar-refractivity contribution in [2.45, 2.75) is 19.4 Å². The number of amides is 1. The molecular weight excluding hydrogens is 321 g/mol. The fourth-order valence-corrected chi connectivity index (χ4v) is 4.12. The number of benzene rings is 1. The molecule has 2 atom stereocenters. The highest BCUT2D eigenvalue weighted by atomic mass is 19.1. The second-order valence-corrected chi connectivity index (χ2v) is 7.17. The Labute approximate surface area is 146 Å². The van der Waals surface area contributed by atoms with Gasteiger partial charge in [0, 0.05) is 49.3 Å². The summed E-state index contributed by atoms with van der Waals surface area (Å²) < 4.78 is 18.7. The van der Waals surface area contributed by atoms with E-state index >= 15 is 0 Å². The average Bonchev–Trinajstić information content (AvgIpc) is 3.19. The van der Waals surface area contributed by atoms with Crippen LogP contribution in [0.3, 0.4) is 0 Å². The summed E-state index contributed by atoms with van der Waals surface area (Å²) in [6.45, 7) is 7.28. The standard InChI is InChI=1S/C19H24FN3O2/c1-13-11-23(12-18(13)22-4-6-25-7-5-22)19(24)8-14-10-21-17-9-15(20)2-3-16(14)17/h2-3,9-10,13,18,21H,4-8,11-12H2,1H3/t13-,18-/m1/s1. The number of morpholine rings is 1. The molecule has 25 heavy (non-hydrogen) atoms. The lowest BCUT2D eigenvalue weighted by Gasteiger charge is -2.34. The zero-order valence-corrected chi connectivity index (χ0v) is 14.5. The molecular formula is C19H24FN3O2. The number of rotatable bonds is 3. The zero-order chi connectivity index (χ0) is 17.4. The van der Waals surface area contributed by atoms with E-state index < -0.39 is 0 Å². The number of H-pyrrole nitrogens is 1. The Morgan fingerprint density at radius 3 is 2.92 bits per heavy atom. The summed E-state index contributed by atoms with van der Waals surface area (Å²) in [5.41, 5.74) is 1.67. The number of likely N-dealkylation sites (tertiary alicyclic amines) is 1. The highest BCUT2D eigenvalue weighted by Gasteiger charge is 2.36. The van der Waals surface area contributed by atoms with Gasteiger partial charge in [0.15, 0.2) is 0 Å². The molecule has 0 unspecified atom stereocenters. The molecule has 6 heteroatoms. The first-order chi connectivity index (χ1) is 12.1. The SMILES string of the molecule is C[C@@H]1CN(C(=O)Cc2c[nH]c3cc(F)ccc23)C[C@H]1N1CCOCC1. The van der Waals surface area contributed by atoms with Crippen molar-refractivity contribution < 1.29 is 13.9 Å². The summed E-state index contributed by atoms with van der Waals surface area (Å²) in [6, 6.07) is 5.07. The lowest BCUT2D eigenvalue weighted by Crippen LogP contribution is -2.47. The van der Waals surface area contributed by atoms with Crippen LogP contribution in [0.2, 0.25) is 0 Å². The summed E-state index contributed by atoms with van der Waals surface area (Å²) in [6.07, 6.45) is 2.18. The number of ether oxygens (including phenoxy) is 1. The highest BCUT2D eigenvalue weighted by molar-refractivity contribution is 5.89. The summed E-state index contributed by atoms with van der Waals surface area (Å²) in [4.78, 5) is 20.3. The van der Waals surface area contributed by atoms with E-state index in [-0.39, 0.29) is 11.7 Å². The molecule has 0 aliphatic carbocycles. The molecule has 2 aromatic rings. The molecule has 134 valence electrons. The minimum atomic E-state index is -0.269. The number of carbonyl (C=O) groups is 1. The van der Waals surface area contributed by atoms with Crippen LogP contribution in [0.1, 0.15) is 12.5 Å². The maximum Gasteiger partial charge on any atom is 0.227 e. The fourth-order valence-electron chi connectivity index (χ4n) is 4.12. The smallest absolute Gasteiger partial charge is 0.227 e. The Morgan fingerprint density at radius 2 is 2.12 bits per heavy atom. The minimum Gasteiger partial charge on any atom is -0.379 e. The Kier molecular flexibility index (Phi) is 4.48. The topological polar surface area (TPSA) is 48.6 Å². The quantitative estimate of drug-likeness (QED) is 0.926. The lowest BCUT2D eigenvalue weighted by molar-refractivity contribution is -0.129. The fraction of sp³-hybridized carbons (Fsp3) is 0.526. The molecule has 0 saturated carbocycles. The molecule has 2 aliphatic heterocycles. The van der Waals surface area contributed by atoms with E-state index in [1.165, 1.54) is 12.1 Å². The second kappa shape index (κ2) is 6.77. The zero-order valence-electron chi connectivity index (χ0n) is 14.5. The van der Waals surface area contributed by atoms with Crippen molar-refractivity contribution >= 4 is 16.8 Å². The lowest BCUT2D eigenvalue weighted by atomic mass is 10.0. The average molecular weight is 345 g/mol. The molecule has 4 rings (SSSR count). The summed E-state index contributed by atoms with van der Waals surface area (Å²) in [5, 5.41) is 0.923. The van der Waals surface area contributed by atoms with Gasteiger partial charge < -0.3 is 14.6 Å². The van der Waals surface area contributed by atoms with Crippen molar-refractivity contribution in [1.82, 2.24) is 14.8 Å². The van der Waals surface area contributed by atoms with Crippen LogP contribution in [0.5, 0.6) is 0 Å². The first-order valence-electron chi connectivity index (χ1n) is 8.97. The Morgan fingerprint density at radius 1 is 1.32 bits per heavy atom. The number of aromatic nitrogens is 1. The third-order valence-electron chi connectivity index (χ3n) is 5.51. The van der Waals surface area contributed by atoms with E-state index in [0.717, 1.165) is 55.9 Å². The normalized spacial score (nSPS) is 25.0. The van der Waals surface area contributed by atoms with Gasteiger partial charge in [-0.3, -0.25) is 9.69 Å². The van der Waals surface area contributed by atoms with Crippen LogP contribution in [-0.4, -0.2) is 66.1 Å². The predicted octanol–water partition coefficient (Wildman–Crippen LogP) is 2.03. The molecule has 1 aromatic carbocycles. The van der Waals surface area contributed by atoms with Gasteiger partial charge in [-0.2, -0.15) is 0 Å².